The summed E-state index contributed by atoms with van der Waals surface area (Å²) in [6.45, 7) is 0. The first kappa shape index (κ1) is 11.8. The van der Waals surface area contributed by atoms with Crippen LogP contribution in [0.4, 0.5) is 0 Å². The maximum absolute atomic E-state index is 11.3. The van der Waals surface area contributed by atoms with E-state index in [-0.39, 0.29) is 12.4 Å². The Balaban J connectivity index is 0.00000112. The number of hydrogen-bond acceptors (Lipinski definition) is 4. The number of carbonyl (C=O) groups excluding carboxylic acids is 1. The van der Waals surface area contributed by atoms with Crippen LogP contribution in [0, 0.1) is 0 Å². The van der Waals surface area contributed by atoms with Gasteiger partial charge in [-0.15, -0.1) is 12.4 Å². The summed E-state index contributed by atoms with van der Waals surface area (Å²) in [5.74, 6) is 0.226. The molecule has 0 bridgehead atoms. The average Bonchev–Trinajstić information content (AvgIpc) is 2.56. The molecule has 0 spiro atoms. The van der Waals surface area contributed by atoms with Crippen molar-refractivity contribution >= 4 is 18.4 Å². The van der Waals surface area contributed by atoms with Gasteiger partial charge in [0.25, 0.3) is 0 Å². The Hall–Kier alpha value is -1.26. The molecule has 5 heteroatoms. The second kappa shape index (κ2) is 4.51. The van der Waals surface area contributed by atoms with E-state index in [1.807, 2.05) is 18.2 Å². The number of carbonyl (C=O) groups is 1. The quantitative estimate of drug-likeness (QED) is 0.731. The Morgan fingerprint density at radius 3 is 2.73 bits per heavy atom. The number of benzene rings is 1. The largest absolute Gasteiger partial charge is 0.476 e. The highest BCUT2D eigenvalue weighted by Gasteiger charge is 2.37. The van der Waals surface area contributed by atoms with Gasteiger partial charge in [-0.25, -0.2) is 4.79 Å². The number of rotatable bonds is 1. The zero-order chi connectivity index (χ0) is 10.1. The molecule has 0 amide bonds. The van der Waals surface area contributed by atoms with Gasteiger partial charge in [0.05, 0.1) is 13.2 Å². The summed E-state index contributed by atoms with van der Waals surface area (Å²) in [6.07, 6.45) is -0.711. The van der Waals surface area contributed by atoms with Gasteiger partial charge in [-0.05, 0) is 6.07 Å². The second-order valence-electron chi connectivity index (χ2n) is 3.13. The molecular formula is C10H12ClNO3. The number of esters is 1. The fourth-order valence-electron chi connectivity index (χ4n) is 1.55. The lowest BCUT2D eigenvalue weighted by atomic mass is 10.1. The minimum absolute atomic E-state index is 0. The minimum atomic E-state index is -0.711. The summed E-state index contributed by atoms with van der Waals surface area (Å²) >= 11 is 0. The van der Waals surface area contributed by atoms with E-state index in [9.17, 15) is 4.79 Å². The summed E-state index contributed by atoms with van der Waals surface area (Å²) in [6, 6.07) is 6.91. The van der Waals surface area contributed by atoms with Crippen molar-refractivity contribution in [1.82, 2.24) is 0 Å². The van der Waals surface area contributed by atoms with Gasteiger partial charge in [0.1, 0.15) is 5.75 Å². The molecule has 1 aliphatic heterocycles. The minimum Gasteiger partial charge on any atom is -0.476 e. The Kier molecular flexibility index (Phi) is 3.55. The molecule has 2 rings (SSSR count). The summed E-state index contributed by atoms with van der Waals surface area (Å²) in [4.78, 5) is 11.3. The molecule has 0 saturated carbocycles. The van der Waals surface area contributed by atoms with Crippen LogP contribution in [-0.4, -0.2) is 19.2 Å². The molecule has 0 unspecified atom stereocenters. The molecule has 0 radical (unpaired) electrons. The SMILES string of the molecule is COC(=O)[C@H]1Oc2ccccc2[C@H]1N.Cl. The third-order valence-corrected chi connectivity index (χ3v) is 2.29. The van der Waals surface area contributed by atoms with Gasteiger partial charge < -0.3 is 15.2 Å². The molecule has 1 heterocycles. The number of halogens is 1. The van der Waals surface area contributed by atoms with Crippen LogP contribution in [0.3, 0.4) is 0 Å². The van der Waals surface area contributed by atoms with Gasteiger partial charge in [0, 0.05) is 5.56 Å². The summed E-state index contributed by atoms with van der Waals surface area (Å²) in [5.41, 5.74) is 6.69. The molecule has 0 aromatic heterocycles. The number of ether oxygens (including phenoxy) is 2. The van der Waals surface area contributed by atoms with Crippen molar-refractivity contribution in [2.75, 3.05) is 7.11 Å². The highest BCUT2D eigenvalue weighted by atomic mass is 35.5. The molecule has 0 saturated heterocycles. The Morgan fingerprint density at radius 1 is 1.47 bits per heavy atom. The predicted octanol–water partition coefficient (Wildman–Crippen LogP) is 1.04. The zero-order valence-corrected chi connectivity index (χ0v) is 8.99. The lowest BCUT2D eigenvalue weighted by Crippen LogP contribution is -2.34. The molecule has 2 atom stereocenters. The predicted molar refractivity (Wildman–Crippen MR) is 57.1 cm³/mol. The van der Waals surface area contributed by atoms with Crippen molar-refractivity contribution in [2.24, 2.45) is 5.73 Å². The molecule has 15 heavy (non-hydrogen) atoms. The van der Waals surface area contributed by atoms with Gasteiger partial charge in [0.15, 0.2) is 0 Å². The van der Waals surface area contributed by atoms with E-state index in [0.717, 1.165) is 5.56 Å². The standard InChI is InChI=1S/C10H11NO3.ClH/c1-13-10(12)9-8(11)6-4-2-3-5-7(6)14-9;/h2-5,8-9H,11H2,1H3;1H/t8-,9+;/m1./s1. The molecule has 4 nitrogen and oxygen atoms in total. The molecule has 1 aromatic carbocycles. The number of nitrogens with two attached hydrogens (primary N) is 1. The second-order valence-corrected chi connectivity index (χ2v) is 3.13. The molecule has 0 fully saturated rings. The number of para-hydroxylation sites is 1. The van der Waals surface area contributed by atoms with Crippen molar-refractivity contribution < 1.29 is 14.3 Å². The van der Waals surface area contributed by atoms with E-state index >= 15 is 0 Å². The first-order valence-electron chi connectivity index (χ1n) is 4.33. The summed E-state index contributed by atoms with van der Waals surface area (Å²) in [7, 11) is 1.32. The Morgan fingerprint density at radius 2 is 2.13 bits per heavy atom. The van der Waals surface area contributed by atoms with Gasteiger partial charge in [-0.3, -0.25) is 0 Å². The fourth-order valence-corrected chi connectivity index (χ4v) is 1.55. The van der Waals surface area contributed by atoms with E-state index in [0.29, 0.717) is 5.75 Å². The topological polar surface area (TPSA) is 61.5 Å². The van der Waals surface area contributed by atoms with Crippen LogP contribution in [0.1, 0.15) is 11.6 Å². The van der Waals surface area contributed by atoms with Crippen LogP contribution in [0.5, 0.6) is 5.75 Å². The van der Waals surface area contributed by atoms with Crippen molar-refractivity contribution in [1.29, 1.82) is 0 Å². The van der Waals surface area contributed by atoms with Gasteiger partial charge >= 0.3 is 5.97 Å². The lowest BCUT2D eigenvalue weighted by molar-refractivity contribution is -0.148. The van der Waals surface area contributed by atoms with E-state index in [2.05, 4.69) is 4.74 Å². The summed E-state index contributed by atoms with van der Waals surface area (Å²) in [5, 5.41) is 0. The van der Waals surface area contributed by atoms with Crippen LogP contribution in [0.15, 0.2) is 24.3 Å². The third-order valence-electron chi connectivity index (χ3n) is 2.29. The van der Waals surface area contributed by atoms with Crippen LogP contribution in [0.2, 0.25) is 0 Å². The molecule has 0 aliphatic carbocycles. The van der Waals surface area contributed by atoms with Crippen molar-refractivity contribution in [3.05, 3.63) is 29.8 Å². The van der Waals surface area contributed by atoms with E-state index < -0.39 is 18.1 Å². The first-order valence-corrected chi connectivity index (χ1v) is 4.33. The molecule has 2 N–H and O–H groups in total. The summed E-state index contributed by atoms with van der Waals surface area (Å²) < 4.78 is 9.96. The average molecular weight is 230 g/mol. The first-order chi connectivity index (χ1) is 6.74. The maximum Gasteiger partial charge on any atom is 0.349 e. The van der Waals surface area contributed by atoms with Crippen LogP contribution < -0.4 is 10.5 Å². The van der Waals surface area contributed by atoms with Gasteiger partial charge in [-0.1, -0.05) is 18.2 Å². The van der Waals surface area contributed by atoms with Crippen LogP contribution in [-0.2, 0) is 9.53 Å². The van der Waals surface area contributed by atoms with Gasteiger partial charge in [-0.2, -0.15) is 0 Å². The highest BCUT2D eigenvalue weighted by molar-refractivity contribution is 5.85. The van der Waals surface area contributed by atoms with Crippen molar-refractivity contribution in [3.63, 3.8) is 0 Å². The Bertz CT molecular complexity index is 369. The fraction of sp³-hybridized carbons (Fsp3) is 0.300. The van der Waals surface area contributed by atoms with Crippen LogP contribution in [0.25, 0.3) is 0 Å². The third kappa shape index (κ3) is 1.91. The number of methoxy groups -OCH3 is 1. The normalized spacial score (nSPS) is 22.3. The monoisotopic (exact) mass is 229 g/mol. The highest BCUT2D eigenvalue weighted by Crippen LogP contribution is 2.34. The molecular weight excluding hydrogens is 218 g/mol. The molecule has 1 aromatic rings. The van der Waals surface area contributed by atoms with E-state index in [1.165, 1.54) is 7.11 Å². The Labute approximate surface area is 93.8 Å². The maximum atomic E-state index is 11.3. The number of hydrogen-bond donors (Lipinski definition) is 1. The van der Waals surface area contributed by atoms with Crippen molar-refractivity contribution in [2.45, 2.75) is 12.1 Å². The van der Waals surface area contributed by atoms with E-state index in [4.69, 9.17) is 10.5 Å². The molecule has 82 valence electrons. The smallest absolute Gasteiger partial charge is 0.349 e. The molecule has 1 aliphatic rings. The zero-order valence-electron chi connectivity index (χ0n) is 8.17. The lowest BCUT2D eigenvalue weighted by Gasteiger charge is -2.11. The van der Waals surface area contributed by atoms with Gasteiger partial charge in [0.2, 0.25) is 6.10 Å². The van der Waals surface area contributed by atoms with E-state index in [1.54, 1.807) is 6.07 Å². The van der Waals surface area contributed by atoms with Crippen LogP contribution >= 0.6 is 12.4 Å². The number of fused-ring (bicyclic) bond motifs is 1. The van der Waals surface area contributed by atoms with Crippen molar-refractivity contribution in [3.8, 4) is 5.75 Å².